The van der Waals surface area contributed by atoms with Gasteiger partial charge in [0, 0.05) is 41.5 Å². The number of para-hydroxylation sites is 1. The summed E-state index contributed by atoms with van der Waals surface area (Å²) in [5.41, 5.74) is 5.77. The number of rotatable bonds is 8. The number of carbonyl (C=O) groups is 1. The molecule has 0 aliphatic carbocycles. The van der Waals surface area contributed by atoms with Crippen molar-refractivity contribution in [1.82, 2.24) is 24.3 Å². The first-order chi connectivity index (χ1) is 15.5. The van der Waals surface area contributed by atoms with Crippen molar-refractivity contribution in [3.05, 3.63) is 90.0 Å². The van der Waals surface area contributed by atoms with Crippen LogP contribution in [0.1, 0.15) is 27.3 Å². The van der Waals surface area contributed by atoms with E-state index in [4.69, 9.17) is 0 Å². The second-order valence-corrected chi connectivity index (χ2v) is 8.50. The third kappa shape index (κ3) is 4.16. The molecule has 4 aromatic rings. The highest BCUT2D eigenvalue weighted by Crippen LogP contribution is 2.30. The van der Waals surface area contributed by atoms with Gasteiger partial charge in [-0.2, -0.15) is 0 Å². The topological polar surface area (TPSA) is 65.6 Å². The van der Waals surface area contributed by atoms with Crippen LogP contribution in [0.2, 0.25) is 0 Å². The Labute approximate surface area is 192 Å². The standard InChI is InChI=1S/C25H25N5OS/c1-5-14-29-18(3)15-21(19(29)4)23(31)16-32-25-28-27-24(20-10-12-26-13-11-20)30(25)22-9-7-6-8-17(22)2/h5-13,15H,1,14,16H2,2-4H3. The predicted octanol–water partition coefficient (Wildman–Crippen LogP) is 5.22. The Morgan fingerprint density at radius 3 is 2.56 bits per heavy atom. The van der Waals surface area contributed by atoms with Gasteiger partial charge in [-0.25, -0.2) is 0 Å². The summed E-state index contributed by atoms with van der Waals surface area (Å²) in [6.07, 6.45) is 5.32. The Kier molecular flexibility index (Phi) is 6.37. The minimum Gasteiger partial charge on any atom is -0.345 e. The molecule has 7 heteroatoms. The molecule has 0 unspecified atom stereocenters. The van der Waals surface area contributed by atoms with E-state index in [-0.39, 0.29) is 11.5 Å². The third-order valence-electron chi connectivity index (χ3n) is 5.45. The van der Waals surface area contributed by atoms with E-state index in [0.717, 1.165) is 39.6 Å². The molecule has 0 saturated heterocycles. The number of aryl methyl sites for hydroxylation is 2. The Bertz CT molecular complexity index is 1270. The summed E-state index contributed by atoms with van der Waals surface area (Å²) in [7, 11) is 0. The SMILES string of the molecule is C=CCn1c(C)cc(C(=O)CSc2nnc(-c3ccncc3)n2-c2ccccc2C)c1C. The Morgan fingerprint density at radius 2 is 1.84 bits per heavy atom. The van der Waals surface area contributed by atoms with Crippen molar-refractivity contribution in [3.63, 3.8) is 0 Å². The number of carbonyl (C=O) groups excluding carboxylic acids is 1. The number of hydrogen-bond acceptors (Lipinski definition) is 5. The highest BCUT2D eigenvalue weighted by Gasteiger charge is 2.20. The molecule has 0 aliphatic rings. The zero-order chi connectivity index (χ0) is 22.7. The van der Waals surface area contributed by atoms with Gasteiger partial charge in [-0.3, -0.25) is 14.3 Å². The van der Waals surface area contributed by atoms with E-state index in [2.05, 4.69) is 39.3 Å². The fourth-order valence-corrected chi connectivity index (χ4v) is 4.61. The van der Waals surface area contributed by atoms with Crippen molar-refractivity contribution in [1.29, 1.82) is 0 Å². The quantitative estimate of drug-likeness (QED) is 0.212. The van der Waals surface area contributed by atoms with E-state index in [1.807, 2.05) is 60.9 Å². The van der Waals surface area contributed by atoms with E-state index >= 15 is 0 Å². The fraction of sp³-hybridized carbons (Fsp3) is 0.200. The predicted molar refractivity (Wildman–Crippen MR) is 128 cm³/mol. The van der Waals surface area contributed by atoms with Crippen LogP contribution in [-0.2, 0) is 6.54 Å². The monoisotopic (exact) mass is 443 g/mol. The lowest BCUT2D eigenvalue weighted by molar-refractivity contribution is 0.102. The first-order valence-electron chi connectivity index (χ1n) is 10.4. The van der Waals surface area contributed by atoms with Gasteiger partial charge in [-0.1, -0.05) is 36.0 Å². The average molecular weight is 444 g/mol. The van der Waals surface area contributed by atoms with Gasteiger partial charge in [0.2, 0.25) is 0 Å². The Hall–Kier alpha value is -3.45. The van der Waals surface area contributed by atoms with Gasteiger partial charge in [0.15, 0.2) is 16.8 Å². The van der Waals surface area contributed by atoms with Crippen LogP contribution in [0.4, 0.5) is 0 Å². The maximum Gasteiger partial charge on any atom is 0.196 e. The molecular formula is C25H25N5OS. The number of thioether (sulfide) groups is 1. The molecule has 0 saturated carbocycles. The minimum atomic E-state index is 0.0724. The molecule has 0 aliphatic heterocycles. The molecule has 32 heavy (non-hydrogen) atoms. The van der Waals surface area contributed by atoms with Crippen LogP contribution >= 0.6 is 11.8 Å². The van der Waals surface area contributed by atoms with Gasteiger partial charge >= 0.3 is 0 Å². The summed E-state index contributed by atoms with van der Waals surface area (Å²) in [4.78, 5) is 17.2. The number of hydrogen-bond donors (Lipinski definition) is 0. The van der Waals surface area contributed by atoms with E-state index in [0.29, 0.717) is 11.7 Å². The van der Waals surface area contributed by atoms with Crippen molar-refractivity contribution in [2.24, 2.45) is 0 Å². The number of pyridine rings is 1. The van der Waals surface area contributed by atoms with Crippen molar-refractivity contribution >= 4 is 17.5 Å². The Balaban J connectivity index is 1.67. The first-order valence-corrected chi connectivity index (χ1v) is 11.3. The molecule has 3 aromatic heterocycles. The van der Waals surface area contributed by atoms with E-state index in [9.17, 15) is 4.79 Å². The molecule has 0 radical (unpaired) electrons. The third-order valence-corrected chi connectivity index (χ3v) is 6.38. The lowest BCUT2D eigenvalue weighted by Gasteiger charge is -2.12. The number of ketones is 1. The molecule has 0 atom stereocenters. The van der Waals surface area contributed by atoms with Crippen LogP contribution in [-0.4, -0.2) is 35.9 Å². The largest absolute Gasteiger partial charge is 0.345 e. The van der Waals surface area contributed by atoms with E-state index < -0.39 is 0 Å². The first kappa shape index (κ1) is 21.8. The molecule has 4 rings (SSSR count). The summed E-state index contributed by atoms with van der Waals surface area (Å²) < 4.78 is 4.12. The summed E-state index contributed by atoms with van der Waals surface area (Å²) in [5.74, 6) is 1.07. The van der Waals surface area contributed by atoms with Gasteiger partial charge in [0.25, 0.3) is 0 Å². The smallest absolute Gasteiger partial charge is 0.196 e. The molecule has 1 aromatic carbocycles. The number of nitrogens with zero attached hydrogens (tertiary/aromatic N) is 5. The van der Waals surface area contributed by atoms with Crippen molar-refractivity contribution < 1.29 is 4.79 Å². The number of benzene rings is 1. The summed E-state index contributed by atoms with van der Waals surface area (Å²) in [6, 6.07) is 13.9. The minimum absolute atomic E-state index is 0.0724. The van der Waals surface area contributed by atoms with Crippen LogP contribution in [0.15, 0.2) is 72.7 Å². The lowest BCUT2D eigenvalue weighted by Crippen LogP contribution is -2.07. The highest BCUT2D eigenvalue weighted by molar-refractivity contribution is 7.99. The normalized spacial score (nSPS) is 11.0. The Morgan fingerprint density at radius 1 is 1.09 bits per heavy atom. The van der Waals surface area contributed by atoms with E-state index in [1.54, 1.807) is 12.4 Å². The van der Waals surface area contributed by atoms with Gasteiger partial charge in [-0.05, 0) is 50.6 Å². The second-order valence-electron chi connectivity index (χ2n) is 7.56. The van der Waals surface area contributed by atoms with Gasteiger partial charge in [0.1, 0.15) is 0 Å². The molecule has 6 nitrogen and oxygen atoms in total. The molecule has 162 valence electrons. The van der Waals surface area contributed by atoms with Crippen LogP contribution in [0.25, 0.3) is 17.1 Å². The molecular weight excluding hydrogens is 418 g/mol. The molecule has 0 N–H and O–H groups in total. The second kappa shape index (κ2) is 9.36. The van der Waals surface area contributed by atoms with Gasteiger partial charge < -0.3 is 4.57 Å². The fourth-order valence-electron chi connectivity index (χ4n) is 3.78. The zero-order valence-electron chi connectivity index (χ0n) is 18.4. The molecule has 0 spiro atoms. The van der Waals surface area contributed by atoms with Crippen LogP contribution < -0.4 is 0 Å². The van der Waals surface area contributed by atoms with Crippen molar-refractivity contribution in [2.45, 2.75) is 32.5 Å². The van der Waals surface area contributed by atoms with E-state index in [1.165, 1.54) is 11.8 Å². The zero-order valence-corrected chi connectivity index (χ0v) is 19.3. The van der Waals surface area contributed by atoms with Crippen LogP contribution in [0.3, 0.4) is 0 Å². The average Bonchev–Trinajstić information content (AvgIpc) is 3.35. The van der Waals surface area contributed by atoms with Crippen molar-refractivity contribution in [3.8, 4) is 17.1 Å². The van der Waals surface area contributed by atoms with Gasteiger partial charge in [-0.15, -0.1) is 16.8 Å². The highest BCUT2D eigenvalue weighted by atomic mass is 32.2. The number of Topliss-reactive ketones (excluding diaryl/α,β-unsaturated/α-hetero) is 1. The van der Waals surface area contributed by atoms with Crippen LogP contribution in [0, 0.1) is 20.8 Å². The van der Waals surface area contributed by atoms with Crippen molar-refractivity contribution in [2.75, 3.05) is 5.75 Å². The lowest BCUT2D eigenvalue weighted by atomic mass is 10.2. The summed E-state index contributed by atoms with van der Waals surface area (Å²) in [6.45, 7) is 10.5. The summed E-state index contributed by atoms with van der Waals surface area (Å²) >= 11 is 1.40. The van der Waals surface area contributed by atoms with Gasteiger partial charge in [0.05, 0.1) is 11.4 Å². The molecule has 0 fully saturated rings. The maximum atomic E-state index is 13.1. The number of aromatic nitrogens is 5. The molecule has 0 amide bonds. The molecule has 0 bridgehead atoms. The maximum absolute atomic E-state index is 13.1. The summed E-state index contributed by atoms with van der Waals surface area (Å²) in [5, 5.41) is 9.57. The molecule has 3 heterocycles. The van der Waals surface area contributed by atoms with Crippen LogP contribution in [0.5, 0.6) is 0 Å². The number of allylic oxidation sites excluding steroid dienone is 1.